The predicted octanol–water partition coefficient (Wildman–Crippen LogP) is 4.04. The van der Waals surface area contributed by atoms with E-state index in [1.807, 2.05) is 38.2 Å². The molecule has 4 aliphatic rings. The van der Waals surface area contributed by atoms with E-state index in [2.05, 4.69) is 30.2 Å². The summed E-state index contributed by atoms with van der Waals surface area (Å²) in [6.07, 6.45) is 4.85. The van der Waals surface area contributed by atoms with Crippen molar-refractivity contribution in [2.75, 3.05) is 20.1 Å². The van der Waals surface area contributed by atoms with E-state index in [1.165, 1.54) is 18.6 Å². The summed E-state index contributed by atoms with van der Waals surface area (Å²) < 4.78 is 12.3. The molecule has 2 bridgehead atoms. The molecule has 1 saturated carbocycles. The van der Waals surface area contributed by atoms with Crippen LogP contribution in [0.3, 0.4) is 0 Å². The number of aryl methyl sites for hydroxylation is 2. The van der Waals surface area contributed by atoms with Crippen LogP contribution in [-0.4, -0.2) is 65.1 Å². The third-order valence-corrected chi connectivity index (χ3v) is 9.74. The van der Waals surface area contributed by atoms with E-state index >= 15 is 0 Å². The summed E-state index contributed by atoms with van der Waals surface area (Å²) in [5, 5.41) is 11.1. The van der Waals surface area contributed by atoms with Crippen molar-refractivity contribution < 1.29 is 24.2 Å². The number of esters is 1. The molecule has 2 heterocycles. The largest absolute Gasteiger partial charge is 0.504 e. The first-order chi connectivity index (χ1) is 19.1. The fraction of sp³-hybridized carbons (Fsp3) is 0.455. The summed E-state index contributed by atoms with van der Waals surface area (Å²) in [5.41, 5.74) is 4.66. The van der Waals surface area contributed by atoms with Gasteiger partial charge in [0.25, 0.3) is 5.91 Å². The maximum absolute atomic E-state index is 13.4. The first-order valence-corrected chi connectivity index (χ1v) is 14.1. The minimum atomic E-state index is -0.423. The van der Waals surface area contributed by atoms with E-state index in [9.17, 15) is 14.7 Å². The molecule has 1 spiro atoms. The van der Waals surface area contributed by atoms with Crippen molar-refractivity contribution in [1.29, 1.82) is 0 Å². The molecule has 0 unspecified atom stereocenters. The zero-order chi connectivity index (χ0) is 28.3. The molecule has 1 N–H and O–H groups in total. The molecule has 7 nitrogen and oxygen atoms in total. The number of phenols is 1. The zero-order valence-corrected chi connectivity index (χ0v) is 23.6. The number of aromatic hydroxyl groups is 1. The molecule has 1 saturated heterocycles. The van der Waals surface area contributed by atoms with Crippen molar-refractivity contribution in [3.63, 3.8) is 0 Å². The van der Waals surface area contributed by atoms with Gasteiger partial charge in [0.05, 0.1) is 6.04 Å². The highest BCUT2D eigenvalue weighted by Crippen LogP contribution is 2.65. The van der Waals surface area contributed by atoms with Gasteiger partial charge in [-0.3, -0.25) is 14.5 Å². The van der Waals surface area contributed by atoms with Gasteiger partial charge < -0.3 is 19.5 Å². The SMILES string of the molecule is C=CCN1CC[C@]23c4c5c(OC(C)=O)cc(O)c4O[C@H]2[C@H](N(C)C(=O)C#Cc2ccc(C)c(C)c2)CC[C@H]3[C@H]1C5. The van der Waals surface area contributed by atoms with Crippen LogP contribution < -0.4 is 9.47 Å². The molecule has 40 heavy (non-hydrogen) atoms. The summed E-state index contributed by atoms with van der Waals surface area (Å²) in [4.78, 5) is 29.6. The van der Waals surface area contributed by atoms with E-state index in [4.69, 9.17) is 9.47 Å². The zero-order valence-electron chi connectivity index (χ0n) is 23.6. The highest BCUT2D eigenvalue weighted by molar-refractivity contribution is 5.94. The third-order valence-electron chi connectivity index (χ3n) is 9.74. The van der Waals surface area contributed by atoms with Gasteiger partial charge in [0, 0.05) is 60.7 Å². The number of hydrogen-bond acceptors (Lipinski definition) is 6. The second-order valence-electron chi connectivity index (χ2n) is 11.8. The Labute approximate surface area is 235 Å². The average molecular weight is 541 g/mol. The molecular formula is C33H36N2O5. The van der Waals surface area contributed by atoms with Gasteiger partial charge in [-0.25, -0.2) is 0 Å². The van der Waals surface area contributed by atoms with Gasteiger partial charge >= 0.3 is 5.97 Å². The van der Waals surface area contributed by atoms with Crippen LogP contribution in [0.1, 0.15) is 54.0 Å². The molecule has 7 heteroatoms. The van der Waals surface area contributed by atoms with Crippen LogP contribution in [-0.2, 0) is 21.4 Å². The lowest BCUT2D eigenvalue weighted by atomic mass is 9.51. The Balaban J connectivity index is 1.39. The van der Waals surface area contributed by atoms with Gasteiger partial charge in [-0.15, -0.1) is 6.58 Å². The molecule has 2 aromatic rings. The quantitative estimate of drug-likeness (QED) is 0.273. The van der Waals surface area contributed by atoms with E-state index in [0.717, 1.165) is 54.6 Å². The summed E-state index contributed by atoms with van der Waals surface area (Å²) in [5.74, 6) is 6.37. The third kappa shape index (κ3) is 3.92. The number of hydrogen-bond donors (Lipinski definition) is 1. The number of phenolic OH excluding ortho intramolecular Hbond substituents is 1. The molecule has 6 rings (SSSR count). The number of likely N-dealkylation sites (tertiary alicyclic amines) is 1. The lowest BCUT2D eigenvalue weighted by Crippen LogP contribution is -2.68. The Morgan fingerprint density at radius 2 is 2.08 bits per heavy atom. The Kier molecular flexibility index (Phi) is 6.42. The minimum absolute atomic E-state index is 0.0215. The van der Waals surface area contributed by atoms with E-state index in [-0.39, 0.29) is 35.8 Å². The van der Waals surface area contributed by atoms with Crippen molar-refractivity contribution in [3.05, 3.63) is 64.7 Å². The molecule has 2 fully saturated rings. The first kappa shape index (κ1) is 26.5. The normalized spacial score (nSPS) is 27.5. The Hall–Kier alpha value is -3.76. The number of carbonyl (C=O) groups excluding carboxylic acids is 2. The van der Waals surface area contributed by atoms with Crippen LogP contribution >= 0.6 is 0 Å². The second-order valence-corrected chi connectivity index (χ2v) is 11.8. The predicted molar refractivity (Wildman–Crippen MR) is 151 cm³/mol. The lowest BCUT2D eigenvalue weighted by molar-refractivity contribution is -0.134. The fourth-order valence-electron chi connectivity index (χ4n) is 7.87. The molecule has 2 aliphatic heterocycles. The van der Waals surface area contributed by atoms with Crippen molar-refractivity contribution in [3.8, 4) is 29.1 Å². The van der Waals surface area contributed by atoms with Crippen LogP contribution in [0.4, 0.5) is 0 Å². The van der Waals surface area contributed by atoms with Crippen LogP contribution in [0.2, 0.25) is 0 Å². The number of likely N-dealkylation sites (N-methyl/N-ethyl adjacent to an activating group) is 1. The average Bonchev–Trinajstić information content (AvgIpc) is 3.26. The van der Waals surface area contributed by atoms with E-state index in [1.54, 1.807) is 4.90 Å². The lowest BCUT2D eigenvalue weighted by Gasteiger charge is -2.60. The molecule has 5 atom stereocenters. The van der Waals surface area contributed by atoms with Gasteiger partial charge in [0.1, 0.15) is 11.9 Å². The van der Waals surface area contributed by atoms with E-state index in [0.29, 0.717) is 17.9 Å². The first-order valence-electron chi connectivity index (χ1n) is 14.1. The van der Waals surface area contributed by atoms with Gasteiger partial charge in [-0.05, 0) is 75.3 Å². The standard InChI is InChI=1S/C33H36N2O5/c1-6-14-35-15-13-33-24-10-11-25(34(5)29(38)12-9-22-8-7-19(2)20(3)16-22)32(33)40-31-27(37)18-28(39-21(4)36)23(30(31)33)17-26(24)35/h6-8,16,18,24-26,32,37H,1,10-11,13-15,17H2,2-5H3/t24-,25+,26+,32-,33-/m0/s1. The van der Waals surface area contributed by atoms with Crippen molar-refractivity contribution in [2.24, 2.45) is 5.92 Å². The van der Waals surface area contributed by atoms with Crippen molar-refractivity contribution in [2.45, 2.75) is 70.1 Å². The smallest absolute Gasteiger partial charge is 0.308 e. The van der Waals surface area contributed by atoms with Gasteiger partial charge in [0.2, 0.25) is 0 Å². The summed E-state index contributed by atoms with van der Waals surface area (Å²) >= 11 is 0. The van der Waals surface area contributed by atoms with Crippen LogP contribution in [0.25, 0.3) is 0 Å². The number of ether oxygens (including phenoxy) is 2. The molecule has 1 amide bonds. The van der Waals surface area contributed by atoms with Crippen LogP contribution in [0.5, 0.6) is 17.2 Å². The number of amides is 1. The second kappa shape index (κ2) is 9.71. The summed E-state index contributed by atoms with van der Waals surface area (Å²) in [7, 11) is 1.81. The van der Waals surface area contributed by atoms with Crippen LogP contribution in [0, 0.1) is 31.6 Å². The molecule has 0 aromatic heterocycles. The molecular weight excluding hydrogens is 504 g/mol. The molecule has 208 valence electrons. The number of benzene rings is 2. The monoisotopic (exact) mass is 540 g/mol. The summed E-state index contributed by atoms with van der Waals surface area (Å²) in [6, 6.07) is 7.48. The highest BCUT2D eigenvalue weighted by Gasteiger charge is 2.67. The van der Waals surface area contributed by atoms with Crippen molar-refractivity contribution >= 4 is 11.9 Å². The van der Waals surface area contributed by atoms with Gasteiger partial charge in [0.15, 0.2) is 11.5 Å². The molecule has 2 aromatic carbocycles. The maximum Gasteiger partial charge on any atom is 0.308 e. The van der Waals surface area contributed by atoms with Crippen LogP contribution in [0.15, 0.2) is 36.9 Å². The van der Waals surface area contributed by atoms with Crippen molar-refractivity contribution in [1.82, 2.24) is 9.80 Å². The van der Waals surface area contributed by atoms with E-state index < -0.39 is 11.4 Å². The fourth-order valence-corrected chi connectivity index (χ4v) is 7.87. The highest BCUT2D eigenvalue weighted by atomic mass is 16.5. The molecule has 0 radical (unpaired) electrons. The number of carbonyl (C=O) groups is 2. The van der Waals surface area contributed by atoms with Gasteiger partial charge in [-0.1, -0.05) is 18.1 Å². The Morgan fingerprint density at radius 1 is 1.27 bits per heavy atom. The van der Waals surface area contributed by atoms with Gasteiger partial charge in [-0.2, -0.15) is 0 Å². The maximum atomic E-state index is 13.4. The number of rotatable bonds is 4. The topological polar surface area (TPSA) is 79.3 Å². The Morgan fingerprint density at radius 3 is 2.80 bits per heavy atom. The summed E-state index contributed by atoms with van der Waals surface area (Å²) in [6.45, 7) is 11.1. The number of nitrogens with zero attached hydrogens (tertiary/aromatic N) is 2. The minimum Gasteiger partial charge on any atom is -0.504 e. The Bertz CT molecular complexity index is 1490. The number of piperidine rings is 1. The molecule has 2 aliphatic carbocycles.